The fraction of sp³-hybridized carbons (Fsp3) is 0.333. The number of sulfonamides is 1. The molecule has 1 aliphatic rings. The van der Waals surface area contributed by atoms with E-state index in [1.54, 1.807) is 0 Å². The van der Waals surface area contributed by atoms with E-state index in [1.165, 1.54) is 18.2 Å². The van der Waals surface area contributed by atoms with Crippen LogP contribution in [-0.2, 0) is 19.3 Å². The lowest BCUT2D eigenvalue weighted by Gasteiger charge is -2.32. The molecular formula is C18H19BClF2NO4S. The minimum Gasteiger partial charge on any atom is -0.399 e. The number of rotatable bonds is 4. The molecule has 1 N–H and O–H groups in total. The van der Waals surface area contributed by atoms with Crippen molar-refractivity contribution in [2.75, 3.05) is 4.72 Å². The zero-order valence-corrected chi connectivity index (χ0v) is 17.3. The topological polar surface area (TPSA) is 64.6 Å². The first-order valence-electron chi connectivity index (χ1n) is 8.45. The summed E-state index contributed by atoms with van der Waals surface area (Å²) in [5, 5.41) is 0.0401. The lowest BCUT2D eigenvalue weighted by Crippen LogP contribution is -2.41. The average Bonchev–Trinajstić information content (AvgIpc) is 2.79. The van der Waals surface area contributed by atoms with E-state index in [4.69, 9.17) is 20.9 Å². The van der Waals surface area contributed by atoms with E-state index >= 15 is 0 Å². The third-order valence-electron chi connectivity index (χ3n) is 4.95. The van der Waals surface area contributed by atoms with Gasteiger partial charge in [-0.15, -0.1) is 0 Å². The van der Waals surface area contributed by atoms with Gasteiger partial charge in [0.05, 0.1) is 16.9 Å². The maximum Gasteiger partial charge on any atom is 0.494 e. The summed E-state index contributed by atoms with van der Waals surface area (Å²) in [7, 11) is -5.17. The number of benzene rings is 2. The molecular weight excluding hydrogens is 411 g/mol. The molecule has 0 atom stereocenters. The molecule has 0 spiro atoms. The van der Waals surface area contributed by atoms with Gasteiger partial charge in [0.15, 0.2) is 0 Å². The fourth-order valence-electron chi connectivity index (χ4n) is 2.62. The summed E-state index contributed by atoms with van der Waals surface area (Å²) in [6.07, 6.45) is 0. The van der Waals surface area contributed by atoms with Crippen LogP contribution in [0.15, 0.2) is 41.3 Å². The molecule has 0 bridgehead atoms. The SMILES string of the molecule is CC1(C)OB(c2ccc(NS(=O)(=O)c3cc(Cl)ccc3F)c(F)c2)OC1(C)C. The zero-order chi connectivity index (χ0) is 20.9. The van der Waals surface area contributed by atoms with Crippen LogP contribution in [0.3, 0.4) is 0 Å². The molecule has 28 heavy (non-hydrogen) atoms. The largest absolute Gasteiger partial charge is 0.494 e. The highest BCUT2D eigenvalue weighted by Crippen LogP contribution is 2.36. The summed E-state index contributed by atoms with van der Waals surface area (Å²) < 4.78 is 67.0. The van der Waals surface area contributed by atoms with Gasteiger partial charge in [-0.05, 0) is 63.5 Å². The Balaban J connectivity index is 1.87. The van der Waals surface area contributed by atoms with Crippen LogP contribution in [0, 0.1) is 11.6 Å². The van der Waals surface area contributed by atoms with Crippen LogP contribution in [0.4, 0.5) is 14.5 Å². The predicted octanol–water partition coefficient (Wildman–Crippen LogP) is 3.72. The first-order chi connectivity index (χ1) is 12.8. The van der Waals surface area contributed by atoms with Crippen LogP contribution >= 0.6 is 11.6 Å². The highest BCUT2D eigenvalue weighted by Gasteiger charge is 2.51. The van der Waals surface area contributed by atoms with Crippen LogP contribution in [0.5, 0.6) is 0 Å². The zero-order valence-electron chi connectivity index (χ0n) is 15.7. The molecule has 1 saturated heterocycles. The van der Waals surface area contributed by atoms with E-state index in [0.29, 0.717) is 5.46 Å². The quantitative estimate of drug-likeness (QED) is 0.753. The van der Waals surface area contributed by atoms with Crippen LogP contribution in [0.25, 0.3) is 0 Å². The van der Waals surface area contributed by atoms with E-state index in [2.05, 4.69) is 0 Å². The second-order valence-electron chi connectivity index (χ2n) is 7.51. The Bertz CT molecular complexity index is 1010. The van der Waals surface area contributed by atoms with Crippen molar-refractivity contribution in [3.8, 4) is 0 Å². The first-order valence-corrected chi connectivity index (χ1v) is 10.3. The van der Waals surface area contributed by atoms with Crippen LogP contribution in [-0.4, -0.2) is 26.7 Å². The molecule has 0 aromatic heterocycles. The van der Waals surface area contributed by atoms with E-state index in [0.717, 1.165) is 18.2 Å². The molecule has 1 heterocycles. The normalized spacial score (nSPS) is 18.3. The molecule has 3 rings (SSSR count). The molecule has 5 nitrogen and oxygen atoms in total. The highest BCUT2D eigenvalue weighted by atomic mass is 35.5. The molecule has 2 aromatic carbocycles. The van der Waals surface area contributed by atoms with Crippen LogP contribution in [0.2, 0.25) is 5.02 Å². The van der Waals surface area contributed by atoms with Gasteiger partial charge in [-0.25, -0.2) is 17.2 Å². The van der Waals surface area contributed by atoms with Gasteiger partial charge < -0.3 is 9.31 Å². The van der Waals surface area contributed by atoms with Crippen molar-refractivity contribution in [2.24, 2.45) is 0 Å². The number of anilines is 1. The molecule has 150 valence electrons. The third-order valence-corrected chi connectivity index (χ3v) is 6.56. The standard InChI is InChI=1S/C18H19BClF2NO4S/c1-17(2)18(3,4)27-19(26-17)11-5-8-15(14(22)9-11)23-28(24,25)16-10-12(20)6-7-13(16)21/h5-10,23H,1-4H3. The van der Waals surface area contributed by atoms with Gasteiger partial charge in [0.2, 0.25) is 0 Å². The van der Waals surface area contributed by atoms with Gasteiger partial charge in [0, 0.05) is 5.02 Å². The number of hydrogen-bond donors (Lipinski definition) is 1. The summed E-state index contributed by atoms with van der Waals surface area (Å²) in [4.78, 5) is -0.672. The van der Waals surface area contributed by atoms with Crippen molar-refractivity contribution in [1.82, 2.24) is 0 Å². The maximum atomic E-state index is 14.6. The summed E-state index contributed by atoms with van der Waals surface area (Å²) in [5.41, 5.74) is -1.13. The predicted molar refractivity (Wildman–Crippen MR) is 104 cm³/mol. The molecule has 0 unspecified atom stereocenters. The Labute approximate surface area is 168 Å². The van der Waals surface area contributed by atoms with Crippen molar-refractivity contribution in [2.45, 2.75) is 43.8 Å². The van der Waals surface area contributed by atoms with E-state index in [1.807, 2.05) is 32.4 Å². The van der Waals surface area contributed by atoms with E-state index < -0.39 is 44.9 Å². The summed E-state index contributed by atoms with van der Waals surface area (Å²) >= 11 is 5.74. The average molecular weight is 430 g/mol. The third kappa shape index (κ3) is 3.89. The Morgan fingerprint density at radius 2 is 1.57 bits per heavy atom. The number of hydrogen-bond acceptors (Lipinski definition) is 4. The van der Waals surface area contributed by atoms with Crippen molar-refractivity contribution in [3.05, 3.63) is 53.1 Å². The van der Waals surface area contributed by atoms with Crippen molar-refractivity contribution in [3.63, 3.8) is 0 Å². The first kappa shape index (κ1) is 21.0. The van der Waals surface area contributed by atoms with Crippen LogP contribution in [0.1, 0.15) is 27.7 Å². The Kier molecular flexibility index (Phi) is 5.25. The van der Waals surface area contributed by atoms with Crippen molar-refractivity contribution in [1.29, 1.82) is 0 Å². The second-order valence-corrected chi connectivity index (χ2v) is 9.60. The second kappa shape index (κ2) is 6.98. The monoisotopic (exact) mass is 429 g/mol. The smallest absolute Gasteiger partial charge is 0.399 e. The molecule has 10 heteroatoms. The fourth-order valence-corrected chi connectivity index (χ4v) is 4.03. The van der Waals surface area contributed by atoms with E-state index in [9.17, 15) is 17.2 Å². The van der Waals surface area contributed by atoms with Gasteiger partial charge >= 0.3 is 7.12 Å². The van der Waals surface area contributed by atoms with Crippen molar-refractivity contribution >= 4 is 39.9 Å². The molecule has 2 aromatic rings. The van der Waals surface area contributed by atoms with Gasteiger partial charge in [-0.2, -0.15) is 0 Å². The summed E-state index contributed by atoms with van der Waals surface area (Å²) in [6, 6.07) is 6.93. The highest BCUT2D eigenvalue weighted by molar-refractivity contribution is 7.92. The molecule has 0 radical (unpaired) electrons. The lowest BCUT2D eigenvalue weighted by molar-refractivity contribution is 0.00578. The minimum absolute atomic E-state index is 0.0401. The van der Waals surface area contributed by atoms with Crippen LogP contribution < -0.4 is 10.2 Å². The number of halogens is 3. The van der Waals surface area contributed by atoms with Crippen molar-refractivity contribution < 1.29 is 26.5 Å². The maximum absolute atomic E-state index is 14.6. The van der Waals surface area contributed by atoms with Gasteiger partial charge in [0.25, 0.3) is 10.0 Å². The molecule has 0 amide bonds. The molecule has 0 aliphatic carbocycles. The molecule has 1 aliphatic heterocycles. The molecule has 0 saturated carbocycles. The van der Waals surface area contributed by atoms with Gasteiger partial charge in [-0.3, -0.25) is 4.72 Å². The summed E-state index contributed by atoms with van der Waals surface area (Å²) in [5.74, 6) is -1.84. The van der Waals surface area contributed by atoms with Gasteiger partial charge in [0.1, 0.15) is 16.5 Å². The number of nitrogens with one attached hydrogen (secondary N) is 1. The summed E-state index contributed by atoms with van der Waals surface area (Å²) in [6.45, 7) is 7.47. The Morgan fingerprint density at radius 3 is 2.14 bits per heavy atom. The van der Waals surface area contributed by atoms with E-state index in [-0.39, 0.29) is 10.7 Å². The molecule has 1 fully saturated rings. The Hall–Kier alpha value is -1.68. The minimum atomic E-state index is -4.37. The van der Waals surface area contributed by atoms with Gasteiger partial charge in [-0.1, -0.05) is 17.7 Å². The Morgan fingerprint density at radius 1 is 0.964 bits per heavy atom. The lowest BCUT2D eigenvalue weighted by atomic mass is 9.79.